The lowest BCUT2D eigenvalue weighted by Crippen LogP contribution is -2.70. The third kappa shape index (κ3) is 12.0. The second kappa shape index (κ2) is 22.8. The number of carbonyl (C=O) groups is 5. The van der Waals surface area contributed by atoms with Crippen molar-refractivity contribution in [3.63, 3.8) is 0 Å². The average Bonchev–Trinajstić information content (AvgIpc) is 3.24. The molecule has 0 aromatic carbocycles. The summed E-state index contributed by atoms with van der Waals surface area (Å²) >= 11 is 0. The van der Waals surface area contributed by atoms with Gasteiger partial charge in [-0.2, -0.15) is 0 Å². The van der Waals surface area contributed by atoms with E-state index in [9.17, 15) is 101 Å². The van der Waals surface area contributed by atoms with Gasteiger partial charge in [-0.25, -0.2) is 9.59 Å². The Bertz CT molecular complexity index is 1680. The highest BCUT2D eigenvalue weighted by Crippen LogP contribution is 2.39. The first kappa shape index (κ1) is 55.1. The van der Waals surface area contributed by atoms with Crippen LogP contribution in [0.4, 0.5) is 0 Å². The molecule has 4 aliphatic rings. The van der Waals surface area contributed by atoms with Crippen molar-refractivity contribution in [2.45, 2.75) is 167 Å². The number of aliphatic carboxylic acids is 2. The predicted molar refractivity (Wildman–Crippen MR) is 203 cm³/mol. The summed E-state index contributed by atoms with van der Waals surface area (Å²) in [5, 5.41) is 166. The van der Waals surface area contributed by atoms with E-state index in [1.54, 1.807) is 0 Å². The Hall–Kier alpha value is -3.45. The molecular weight excluding hydrogens is 906 g/mol. The highest BCUT2D eigenvalue weighted by molar-refractivity contribution is 5.77. The lowest BCUT2D eigenvalue weighted by atomic mass is 9.87. The van der Waals surface area contributed by atoms with Crippen molar-refractivity contribution in [2.75, 3.05) is 26.4 Å². The van der Waals surface area contributed by atoms with Crippen molar-refractivity contribution < 1.29 is 134 Å². The number of carboxylic acids is 2. The van der Waals surface area contributed by atoms with Gasteiger partial charge in [0, 0.05) is 33.6 Å². The fourth-order valence-electron chi connectivity index (χ4n) is 8.05. The summed E-state index contributed by atoms with van der Waals surface area (Å²) in [5.74, 6) is -13.0. The summed E-state index contributed by atoms with van der Waals surface area (Å²) in [4.78, 5) is 61.8. The van der Waals surface area contributed by atoms with Gasteiger partial charge in [0.25, 0.3) is 11.6 Å². The number of carbonyl (C=O) groups excluding carboxylic acids is 3. The molecular formula is C36H59N3O27. The summed E-state index contributed by atoms with van der Waals surface area (Å²) < 4.78 is 38.8. The number of nitrogens with one attached hydrogen (secondary N) is 3. The Morgan fingerprint density at radius 3 is 1.62 bits per heavy atom. The van der Waals surface area contributed by atoms with Crippen LogP contribution >= 0.6 is 0 Å². The molecule has 30 nitrogen and oxygen atoms in total. The zero-order chi connectivity index (χ0) is 49.7. The number of rotatable bonds is 19. The van der Waals surface area contributed by atoms with Gasteiger partial charge in [-0.05, 0) is 0 Å². The fraction of sp³-hybridized carbons (Fsp3) is 0.861. The maximum atomic E-state index is 13.0. The minimum atomic E-state index is -3.21. The number of carboxylic acid groups (broad SMARTS) is 2. The molecule has 22 atom stereocenters. The molecule has 4 heterocycles. The molecule has 30 heteroatoms. The molecule has 18 N–H and O–H groups in total. The van der Waals surface area contributed by atoms with Gasteiger partial charge in [-0.15, -0.1) is 0 Å². The van der Waals surface area contributed by atoms with Gasteiger partial charge in [0.05, 0.1) is 50.7 Å². The van der Waals surface area contributed by atoms with E-state index >= 15 is 0 Å². The van der Waals surface area contributed by atoms with Crippen LogP contribution in [0, 0.1) is 0 Å². The van der Waals surface area contributed by atoms with Gasteiger partial charge >= 0.3 is 11.9 Å². The van der Waals surface area contributed by atoms with Gasteiger partial charge in [0.1, 0.15) is 85.4 Å². The molecule has 66 heavy (non-hydrogen) atoms. The number of aliphatic hydroxyl groups excluding tert-OH is 13. The van der Waals surface area contributed by atoms with Gasteiger partial charge in [0.2, 0.25) is 17.7 Å². The Labute approximate surface area is 373 Å². The summed E-state index contributed by atoms with van der Waals surface area (Å²) in [6, 6.07) is -5.06. The monoisotopic (exact) mass is 965 g/mol. The molecule has 0 saturated carbocycles. The molecule has 3 amide bonds. The summed E-state index contributed by atoms with van der Waals surface area (Å²) in [5.41, 5.74) is 0. The van der Waals surface area contributed by atoms with Crippen molar-refractivity contribution >= 4 is 29.7 Å². The molecule has 4 rings (SSSR count). The smallest absolute Gasteiger partial charge is 0.364 e. The number of aliphatic hydroxyl groups is 13. The van der Waals surface area contributed by atoms with Crippen LogP contribution < -0.4 is 16.0 Å². The van der Waals surface area contributed by atoms with E-state index in [2.05, 4.69) is 16.0 Å². The SMILES string of the molecule is CC(=O)N[C@@H]1[C@@H](O)[C@H](O[C@@H]2O[C@H](CO[C@]3(C(=O)O)C[C@H](O)[C@@H](NC(C)=O)[C@H]([C@H](O)[C@@H](CO)O[C@]4(C(=O)O)C[C@H](O)[C@@H](NC(C)=O)[C@H]([C@H](O)[C@H](O)CO)O4)O3)[C@H](O)[C@H](O)[C@H]2O)[C@@H](CO)O[C@H]1O. The topological polar surface area (TPSA) is 490 Å². The lowest BCUT2D eigenvalue weighted by molar-refractivity contribution is -0.362. The first-order valence-corrected chi connectivity index (χ1v) is 20.3. The standard InChI is InChI=1S/C36H59N3O27/c1-10(43)37-19-14(47)5-36(34(58)59,66-29(19)22(49)15(48)6-40)64-16(7-41)24(51)30-20(38-11(2)44)13(46)4-35(65-30,33(56)57)60-9-18-23(50)26(53)27(54)32(62-18)63-28-17(8-42)61-31(55)21(25(28)52)39-12(3)45/h13-32,40-42,46-55H,4-9H2,1-3H3,(H,37,43)(H,38,44)(H,39,45)(H,56,57)(H,58,59)/t13-,14-,15+,16+,17+,18+,19+,20+,21+,22+,23-,24+,25+,26-,27+,28+,29+,30+,31+,32-,35+,36+/m0/s1. The highest BCUT2D eigenvalue weighted by Gasteiger charge is 2.61. The van der Waals surface area contributed by atoms with Crippen LogP contribution in [0.3, 0.4) is 0 Å². The summed E-state index contributed by atoms with van der Waals surface area (Å²) in [7, 11) is 0. The van der Waals surface area contributed by atoms with E-state index < -0.39 is 203 Å². The molecule has 0 bridgehead atoms. The van der Waals surface area contributed by atoms with Crippen LogP contribution in [-0.2, 0) is 57.1 Å². The van der Waals surface area contributed by atoms with E-state index in [-0.39, 0.29) is 0 Å². The molecule has 0 radical (unpaired) electrons. The van der Waals surface area contributed by atoms with Crippen LogP contribution in [-0.4, -0.2) is 267 Å². The van der Waals surface area contributed by atoms with Crippen LogP contribution in [0.25, 0.3) is 0 Å². The minimum Gasteiger partial charge on any atom is -0.477 e. The third-order valence-electron chi connectivity index (χ3n) is 11.4. The van der Waals surface area contributed by atoms with Crippen molar-refractivity contribution in [3.05, 3.63) is 0 Å². The fourth-order valence-corrected chi connectivity index (χ4v) is 8.05. The Morgan fingerprint density at radius 1 is 0.636 bits per heavy atom. The van der Waals surface area contributed by atoms with Crippen molar-refractivity contribution in [1.29, 1.82) is 0 Å². The van der Waals surface area contributed by atoms with Gasteiger partial charge in [-0.1, -0.05) is 0 Å². The molecule has 4 aliphatic heterocycles. The predicted octanol–water partition coefficient (Wildman–Crippen LogP) is -10.9. The first-order chi connectivity index (χ1) is 30.8. The molecule has 0 aromatic rings. The van der Waals surface area contributed by atoms with Crippen molar-refractivity contribution in [1.82, 2.24) is 16.0 Å². The van der Waals surface area contributed by atoms with Crippen LogP contribution in [0.15, 0.2) is 0 Å². The number of hydrogen-bond donors (Lipinski definition) is 18. The van der Waals surface area contributed by atoms with E-state index in [1.807, 2.05) is 0 Å². The molecule has 0 aromatic heterocycles. The van der Waals surface area contributed by atoms with Crippen LogP contribution in [0.2, 0.25) is 0 Å². The van der Waals surface area contributed by atoms with E-state index in [0.29, 0.717) is 0 Å². The third-order valence-corrected chi connectivity index (χ3v) is 11.4. The Balaban J connectivity index is 1.64. The quantitative estimate of drug-likeness (QED) is 0.0571. The first-order valence-electron chi connectivity index (χ1n) is 20.3. The zero-order valence-corrected chi connectivity index (χ0v) is 35.4. The largest absolute Gasteiger partial charge is 0.477 e. The average molecular weight is 966 g/mol. The molecule has 0 aliphatic carbocycles. The Morgan fingerprint density at radius 2 is 1.14 bits per heavy atom. The molecule has 0 spiro atoms. The van der Waals surface area contributed by atoms with Gasteiger partial charge in [0.15, 0.2) is 12.6 Å². The minimum absolute atomic E-state index is 0.738. The van der Waals surface area contributed by atoms with Crippen LogP contribution in [0.1, 0.15) is 33.6 Å². The molecule has 4 saturated heterocycles. The van der Waals surface area contributed by atoms with Crippen molar-refractivity contribution in [2.24, 2.45) is 0 Å². The van der Waals surface area contributed by atoms with E-state index in [1.165, 1.54) is 0 Å². The number of ether oxygens (including phenoxy) is 7. The molecule has 4 fully saturated rings. The summed E-state index contributed by atoms with van der Waals surface area (Å²) in [6.07, 6.45) is -37.4. The van der Waals surface area contributed by atoms with E-state index in [0.717, 1.165) is 20.8 Å². The normalized spacial score (nSPS) is 41.4. The zero-order valence-electron chi connectivity index (χ0n) is 35.4. The summed E-state index contributed by atoms with van der Waals surface area (Å²) in [6.45, 7) is -1.68. The maximum absolute atomic E-state index is 13.0. The number of amides is 3. The van der Waals surface area contributed by atoms with Gasteiger partial charge < -0.3 is 126 Å². The number of hydrogen-bond acceptors (Lipinski definition) is 25. The van der Waals surface area contributed by atoms with Crippen molar-refractivity contribution in [3.8, 4) is 0 Å². The second-order valence-corrected chi connectivity index (χ2v) is 16.2. The van der Waals surface area contributed by atoms with Gasteiger partial charge in [-0.3, -0.25) is 14.4 Å². The molecule has 380 valence electrons. The second-order valence-electron chi connectivity index (χ2n) is 16.2. The maximum Gasteiger partial charge on any atom is 0.364 e. The highest BCUT2D eigenvalue weighted by atomic mass is 16.8. The lowest BCUT2D eigenvalue weighted by Gasteiger charge is -2.50. The van der Waals surface area contributed by atoms with Crippen LogP contribution in [0.5, 0.6) is 0 Å². The Kier molecular flexibility index (Phi) is 19.0. The molecule has 0 unspecified atom stereocenters. The van der Waals surface area contributed by atoms with E-state index in [4.69, 9.17) is 33.2 Å².